The molecule has 0 fully saturated rings. The second kappa shape index (κ2) is 9.68. The number of hydrogen-bond acceptors (Lipinski definition) is 5. The van der Waals surface area contributed by atoms with Crippen LogP contribution in [-0.2, 0) is 22.1 Å². The number of likely N-dealkylation sites (N-methyl/N-ethyl adjacent to an activating group) is 1. The van der Waals surface area contributed by atoms with E-state index >= 15 is 0 Å². The normalized spacial score (nSPS) is 13.7. The van der Waals surface area contributed by atoms with E-state index in [-0.39, 0.29) is 0 Å². The monoisotopic (exact) mass is 429 g/mol. The second-order valence-electron chi connectivity index (χ2n) is 8.28. The number of amidine groups is 1. The molecule has 1 aliphatic rings. The Bertz CT molecular complexity index is 773. The average Bonchev–Trinajstić information content (AvgIpc) is 3.05. The number of aliphatic imine (C=N–C) groups is 1. The van der Waals surface area contributed by atoms with Gasteiger partial charge in [-0.1, -0.05) is 0 Å². The highest BCUT2D eigenvalue weighted by Gasteiger charge is 2.32. The van der Waals surface area contributed by atoms with Crippen molar-refractivity contribution in [3.05, 3.63) is 29.3 Å². The summed E-state index contributed by atoms with van der Waals surface area (Å²) in [5, 5.41) is 0. The molecular weight excluding hydrogens is 399 g/mol. The van der Waals surface area contributed by atoms with E-state index < -0.39 is 23.4 Å². The molecule has 1 heterocycles. The summed E-state index contributed by atoms with van der Waals surface area (Å²) in [4.78, 5) is 20.4. The van der Waals surface area contributed by atoms with Crippen LogP contribution in [0.2, 0.25) is 0 Å². The van der Waals surface area contributed by atoms with Gasteiger partial charge < -0.3 is 19.3 Å². The van der Waals surface area contributed by atoms with Crippen molar-refractivity contribution >= 4 is 17.6 Å². The van der Waals surface area contributed by atoms with Gasteiger partial charge in [-0.05, 0) is 51.0 Å². The smallest absolute Gasteiger partial charge is 0.416 e. The molecule has 0 radical (unpaired) electrons. The van der Waals surface area contributed by atoms with Crippen LogP contribution < -0.4 is 0 Å². The van der Waals surface area contributed by atoms with E-state index in [1.165, 1.54) is 6.07 Å². The maximum atomic E-state index is 12.9. The first-order valence-corrected chi connectivity index (χ1v) is 9.86. The zero-order chi connectivity index (χ0) is 22.5. The highest BCUT2D eigenvalue weighted by Crippen LogP contribution is 2.35. The molecule has 0 aromatic heterocycles. The highest BCUT2D eigenvalue weighted by atomic mass is 19.4. The number of nitrogens with zero attached hydrogens (tertiary/aromatic N) is 3. The Balaban J connectivity index is 1.99. The number of rotatable bonds is 7. The lowest BCUT2D eigenvalue weighted by molar-refractivity contribution is -0.137. The van der Waals surface area contributed by atoms with E-state index in [0.29, 0.717) is 56.2 Å². The van der Waals surface area contributed by atoms with Crippen LogP contribution in [0, 0.1) is 0 Å². The van der Waals surface area contributed by atoms with Crippen LogP contribution in [0.25, 0.3) is 0 Å². The quantitative estimate of drug-likeness (QED) is 0.599. The molecule has 0 bridgehead atoms. The molecule has 0 aliphatic carbocycles. The largest absolute Gasteiger partial charge is 0.444 e. The predicted molar refractivity (Wildman–Crippen MR) is 109 cm³/mol. The minimum absolute atomic E-state index is 0.325. The number of methoxy groups -OCH3 is 1. The van der Waals surface area contributed by atoms with E-state index in [0.717, 1.165) is 12.1 Å². The third-order valence-electron chi connectivity index (χ3n) is 4.58. The first kappa shape index (κ1) is 24.0. The van der Waals surface area contributed by atoms with Crippen LogP contribution in [0.5, 0.6) is 0 Å². The third kappa shape index (κ3) is 6.90. The Kier molecular flexibility index (Phi) is 7.74. The van der Waals surface area contributed by atoms with Gasteiger partial charge >= 0.3 is 12.3 Å². The van der Waals surface area contributed by atoms with Crippen molar-refractivity contribution < 1.29 is 27.4 Å². The fraction of sp³-hybridized carbons (Fsp3) is 0.619. The molecule has 168 valence electrons. The summed E-state index contributed by atoms with van der Waals surface area (Å²) >= 11 is 0. The second-order valence-corrected chi connectivity index (χ2v) is 8.28. The molecule has 1 aromatic rings. The number of benzene rings is 1. The third-order valence-corrected chi connectivity index (χ3v) is 4.58. The Morgan fingerprint density at radius 1 is 1.17 bits per heavy atom. The summed E-state index contributed by atoms with van der Waals surface area (Å²) in [7, 11) is 3.42. The molecule has 9 heteroatoms. The van der Waals surface area contributed by atoms with Crippen molar-refractivity contribution in [3.8, 4) is 0 Å². The summed E-state index contributed by atoms with van der Waals surface area (Å²) in [6.07, 6.45) is -3.78. The van der Waals surface area contributed by atoms with Gasteiger partial charge in [-0.3, -0.25) is 0 Å². The predicted octanol–water partition coefficient (Wildman–Crippen LogP) is 4.50. The number of amides is 1. The molecule has 0 atom stereocenters. The van der Waals surface area contributed by atoms with Gasteiger partial charge in [0.1, 0.15) is 11.4 Å². The van der Waals surface area contributed by atoms with Crippen LogP contribution in [0.4, 0.5) is 23.7 Å². The van der Waals surface area contributed by atoms with Crippen molar-refractivity contribution in [1.82, 2.24) is 9.80 Å². The minimum atomic E-state index is -4.38. The minimum Gasteiger partial charge on any atom is -0.444 e. The molecule has 1 aromatic carbocycles. The molecule has 0 unspecified atom stereocenters. The summed E-state index contributed by atoms with van der Waals surface area (Å²) < 4.78 is 49.3. The zero-order valence-corrected chi connectivity index (χ0v) is 18.2. The first-order valence-electron chi connectivity index (χ1n) is 9.86. The summed E-state index contributed by atoms with van der Waals surface area (Å²) in [6.45, 7) is 7.32. The van der Waals surface area contributed by atoms with Gasteiger partial charge in [-0.2, -0.15) is 13.2 Å². The van der Waals surface area contributed by atoms with Crippen molar-refractivity contribution in [3.63, 3.8) is 0 Å². The van der Waals surface area contributed by atoms with Gasteiger partial charge in [0.05, 0.1) is 11.3 Å². The summed E-state index contributed by atoms with van der Waals surface area (Å²) in [5.41, 5.74) is -0.171. The van der Waals surface area contributed by atoms with Crippen LogP contribution in [-0.4, -0.2) is 67.7 Å². The topological polar surface area (TPSA) is 54.4 Å². The van der Waals surface area contributed by atoms with E-state index in [9.17, 15) is 18.0 Å². The Labute approximate surface area is 175 Å². The lowest BCUT2D eigenvalue weighted by atomic mass is 10.1. The molecular formula is C21H30F3N3O3. The van der Waals surface area contributed by atoms with Gasteiger partial charge in [0.15, 0.2) is 0 Å². The molecule has 0 spiro atoms. The van der Waals surface area contributed by atoms with E-state index in [4.69, 9.17) is 9.47 Å². The highest BCUT2D eigenvalue weighted by molar-refractivity contribution is 5.92. The zero-order valence-electron chi connectivity index (χ0n) is 18.2. The van der Waals surface area contributed by atoms with Gasteiger partial charge in [-0.15, -0.1) is 0 Å². The Morgan fingerprint density at radius 3 is 2.47 bits per heavy atom. The standard InChI is InChI=1S/C21H30F3N3O3/c1-20(2,3)30-19(28)27(9-6-12-29-5)11-10-26(4)18-14-15-13-16(21(22,23)24)7-8-17(15)25-18/h7-8,13H,6,9-12,14H2,1-5H3. The van der Waals surface area contributed by atoms with Gasteiger partial charge in [0.25, 0.3) is 0 Å². The van der Waals surface area contributed by atoms with E-state index in [2.05, 4.69) is 4.99 Å². The van der Waals surface area contributed by atoms with Crippen LogP contribution in [0.3, 0.4) is 0 Å². The lowest BCUT2D eigenvalue weighted by Gasteiger charge is -2.29. The van der Waals surface area contributed by atoms with E-state index in [1.54, 1.807) is 12.0 Å². The average molecular weight is 429 g/mol. The van der Waals surface area contributed by atoms with Crippen molar-refractivity contribution in [1.29, 1.82) is 0 Å². The van der Waals surface area contributed by atoms with Crippen LogP contribution >= 0.6 is 0 Å². The van der Waals surface area contributed by atoms with Gasteiger partial charge in [0, 0.05) is 46.8 Å². The molecule has 0 saturated heterocycles. The fourth-order valence-corrected chi connectivity index (χ4v) is 3.00. The number of carbonyl (C=O) groups is 1. The van der Waals surface area contributed by atoms with Crippen LogP contribution in [0.1, 0.15) is 38.3 Å². The molecule has 1 aliphatic heterocycles. The maximum absolute atomic E-state index is 12.9. The molecule has 1 amide bonds. The van der Waals surface area contributed by atoms with Crippen molar-refractivity contribution in [2.45, 2.75) is 45.4 Å². The molecule has 0 saturated carbocycles. The molecule has 6 nitrogen and oxygen atoms in total. The van der Waals surface area contributed by atoms with Gasteiger partial charge in [-0.25, -0.2) is 9.79 Å². The number of alkyl halides is 3. The Morgan fingerprint density at radius 2 is 1.87 bits per heavy atom. The summed E-state index contributed by atoms with van der Waals surface area (Å²) in [6, 6.07) is 3.60. The van der Waals surface area contributed by atoms with Crippen molar-refractivity contribution in [2.75, 3.05) is 40.4 Å². The number of carbonyl (C=O) groups excluding carboxylic acids is 1. The van der Waals surface area contributed by atoms with E-state index in [1.807, 2.05) is 32.7 Å². The summed E-state index contributed by atoms with van der Waals surface area (Å²) in [5.74, 6) is 0.672. The number of ether oxygens (including phenoxy) is 2. The number of halogens is 3. The molecule has 2 rings (SSSR count). The lowest BCUT2D eigenvalue weighted by Crippen LogP contribution is -2.42. The Hall–Kier alpha value is -2.29. The number of fused-ring (bicyclic) bond motifs is 1. The first-order chi connectivity index (χ1) is 13.9. The fourth-order valence-electron chi connectivity index (χ4n) is 3.00. The van der Waals surface area contributed by atoms with Crippen LogP contribution in [0.15, 0.2) is 23.2 Å². The maximum Gasteiger partial charge on any atom is 0.416 e. The van der Waals surface area contributed by atoms with Crippen molar-refractivity contribution in [2.24, 2.45) is 4.99 Å². The molecule has 0 N–H and O–H groups in total. The molecule has 30 heavy (non-hydrogen) atoms. The SMILES string of the molecule is COCCCN(CCN(C)C1=Nc2ccc(C(F)(F)F)cc2C1)C(=O)OC(C)(C)C. The number of hydrogen-bond donors (Lipinski definition) is 0. The van der Waals surface area contributed by atoms with Gasteiger partial charge in [0.2, 0.25) is 0 Å².